The number of halogens is 1. The van der Waals surface area contributed by atoms with Gasteiger partial charge in [0, 0.05) is 6.07 Å². The van der Waals surface area contributed by atoms with Crippen LogP contribution >= 0.6 is 0 Å². The Morgan fingerprint density at radius 3 is 2.68 bits per heavy atom. The van der Waals surface area contributed by atoms with Crippen molar-refractivity contribution < 1.29 is 18.7 Å². The first-order valence-electron chi connectivity index (χ1n) is 6.93. The van der Waals surface area contributed by atoms with Crippen LogP contribution in [0.4, 0.5) is 4.39 Å². The molecule has 0 bridgehead atoms. The van der Waals surface area contributed by atoms with Gasteiger partial charge in [0.2, 0.25) is 0 Å². The van der Waals surface area contributed by atoms with E-state index in [0.29, 0.717) is 12.4 Å². The molecule has 0 heterocycles. The highest BCUT2D eigenvalue weighted by molar-refractivity contribution is 6.07. The Hall–Kier alpha value is -2.62. The second-order valence-corrected chi connectivity index (χ2v) is 4.55. The Morgan fingerprint density at radius 2 is 2.00 bits per heavy atom. The summed E-state index contributed by atoms with van der Waals surface area (Å²) >= 11 is 0. The molecular formula is C18H17FO3. The number of carbonyl (C=O) groups excluding carboxylic acids is 1. The van der Waals surface area contributed by atoms with Gasteiger partial charge in [0.1, 0.15) is 17.3 Å². The summed E-state index contributed by atoms with van der Waals surface area (Å²) in [4.78, 5) is 12.1. The zero-order chi connectivity index (χ0) is 15.9. The van der Waals surface area contributed by atoms with E-state index in [1.165, 1.54) is 25.3 Å². The quantitative estimate of drug-likeness (QED) is 0.594. The van der Waals surface area contributed by atoms with Crippen LogP contribution < -0.4 is 9.47 Å². The Bertz CT molecular complexity index is 692. The van der Waals surface area contributed by atoms with E-state index in [-0.39, 0.29) is 5.56 Å². The van der Waals surface area contributed by atoms with E-state index in [9.17, 15) is 9.18 Å². The van der Waals surface area contributed by atoms with Crippen molar-refractivity contribution in [3.63, 3.8) is 0 Å². The van der Waals surface area contributed by atoms with Gasteiger partial charge in [-0.2, -0.15) is 0 Å². The molecule has 2 rings (SSSR count). The molecule has 3 nitrogen and oxygen atoms in total. The van der Waals surface area contributed by atoms with Crippen LogP contribution in [0.2, 0.25) is 0 Å². The van der Waals surface area contributed by atoms with Gasteiger partial charge in [0.05, 0.1) is 19.3 Å². The highest BCUT2D eigenvalue weighted by atomic mass is 19.1. The van der Waals surface area contributed by atoms with Crippen molar-refractivity contribution >= 4 is 11.9 Å². The lowest BCUT2D eigenvalue weighted by Gasteiger charge is -2.04. The summed E-state index contributed by atoms with van der Waals surface area (Å²) in [6, 6.07) is 11.5. The molecule has 0 saturated carbocycles. The van der Waals surface area contributed by atoms with Crippen molar-refractivity contribution in [2.75, 3.05) is 13.7 Å². The SMILES string of the molecule is CCOc1cccc(/C=C/C(=O)c2ccc(OC)cc2F)c1. The Morgan fingerprint density at radius 1 is 1.18 bits per heavy atom. The lowest BCUT2D eigenvalue weighted by molar-refractivity contribution is 0.104. The van der Waals surface area contributed by atoms with Crippen molar-refractivity contribution in [3.8, 4) is 11.5 Å². The van der Waals surface area contributed by atoms with E-state index in [1.807, 2.05) is 31.2 Å². The van der Waals surface area contributed by atoms with Gasteiger partial charge >= 0.3 is 0 Å². The normalized spacial score (nSPS) is 10.7. The van der Waals surface area contributed by atoms with Gasteiger partial charge in [-0.25, -0.2) is 4.39 Å². The fourth-order valence-corrected chi connectivity index (χ4v) is 1.96. The van der Waals surface area contributed by atoms with Crippen LogP contribution in [0.5, 0.6) is 11.5 Å². The highest BCUT2D eigenvalue weighted by Crippen LogP contribution is 2.18. The zero-order valence-corrected chi connectivity index (χ0v) is 12.5. The monoisotopic (exact) mass is 300 g/mol. The van der Waals surface area contributed by atoms with E-state index in [2.05, 4.69) is 0 Å². The zero-order valence-electron chi connectivity index (χ0n) is 12.5. The molecule has 0 aliphatic rings. The van der Waals surface area contributed by atoms with Crippen molar-refractivity contribution in [1.29, 1.82) is 0 Å². The number of ether oxygens (including phenoxy) is 2. The fraction of sp³-hybridized carbons (Fsp3) is 0.167. The Labute approximate surface area is 129 Å². The maximum absolute atomic E-state index is 13.8. The van der Waals surface area contributed by atoms with E-state index >= 15 is 0 Å². The maximum atomic E-state index is 13.8. The minimum Gasteiger partial charge on any atom is -0.497 e. The van der Waals surface area contributed by atoms with Crippen LogP contribution in [0.1, 0.15) is 22.8 Å². The second-order valence-electron chi connectivity index (χ2n) is 4.55. The Balaban J connectivity index is 2.16. The summed E-state index contributed by atoms with van der Waals surface area (Å²) in [5.41, 5.74) is 0.825. The predicted molar refractivity (Wildman–Crippen MR) is 83.9 cm³/mol. The van der Waals surface area contributed by atoms with E-state index in [0.717, 1.165) is 11.3 Å². The molecule has 0 radical (unpaired) electrons. The molecular weight excluding hydrogens is 283 g/mol. The first kappa shape index (κ1) is 15.8. The van der Waals surface area contributed by atoms with Crippen molar-refractivity contribution in [2.45, 2.75) is 6.92 Å². The lowest BCUT2D eigenvalue weighted by atomic mass is 10.1. The largest absolute Gasteiger partial charge is 0.497 e. The molecule has 0 unspecified atom stereocenters. The third-order valence-corrected chi connectivity index (χ3v) is 3.04. The molecule has 2 aromatic carbocycles. The number of allylic oxidation sites excluding steroid dienone is 1. The molecule has 0 atom stereocenters. The van der Waals surface area contributed by atoms with Crippen molar-refractivity contribution in [2.24, 2.45) is 0 Å². The maximum Gasteiger partial charge on any atom is 0.188 e. The first-order valence-corrected chi connectivity index (χ1v) is 6.93. The first-order chi connectivity index (χ1) is 10.6. The molecule has 0 N–H and O–H groups in total. The smallest absolute Gasteiger partial charge is 0.188 e. The Kier molecular flexibility index (Phi) is 5.31. The molecule has 114 valence electrons. The van der Waals surface area contributed by atoms with Crippen molar-refractivity contribution in [3.05, 3.63) is 65.5 Å². The fourth-order valence-electron chi connectivity index (χ4n) is 1.96. The molecule has 0 amide bonds. The third kappa shape index (κ3) is 3.95. The summed E-state index contributed by atoms with van der Waals surface area (Å²) in [5.74, 6) is 0.106. The second kappa shape index (κ2) is 7.41. The van der Waals surface area contributed by atoms with E-state index < -0.39 is 11.6 Å². The van der Waals surface area contributed by atoms with Crippen LogP contribution in [-0.4, -0.2) is 19.5 Å². The average molecular weight is 300 g/mol. The lowest BCUT2D eigenvalue weighted by Crippen LogP contribution is -1.99. The topological polar surface area (TPSA) is 35.5 Å². The number of benzene rings is 2. The minimum atomic E-state index is -0.600. The number of methoxy groups -OCH3 is 1. The molecule has 4 heteroatoms. The molecule has 0 fully saturated rings. The van der Waals surface area contributed by atoms with Crippen molar-refractivity contribution in [1.82, 2.24) is 0 Å². The van der Waals surface area contributed by atoms with Crippen LogP contribution in [0.3, 0.4) is 0 Å². The number of rotatable bonds is 6. The molecule has 22 heavy (non-hydrogen) atoms. The van der Waals surface area contributed by atoms with Gasteiger partial charge in [-0.3, -0.25) is 4.79 Å². The van der Waals surface area contributed by atoms with Crippen LogP contribution in [0.15, 0.2) is 48.5 Å². The average Bonchev–Trinajstić information content (AvgIpc) is 2.53. The van der Waals surface area contributed by atoms with Crippen LogP contribution in [0, 0.1) is 5.82 Å². The predicted octanol–water partition coefficient (Wildman–Crippen LogP) is 4.13. The van der Waals surface area contributed by atoms with E-state index in [1.54, 1.807) is 12.1 Å². The summed E-state index contributed by atoms with van der Waals surface area (Å²) in [6.45, 7) is 2.47. The number of hydrogen-bond donors (Lipinski definition) is 0. The summed E-state index contributed by atoms with van der Waals surface area (Å²) < 4.78 is 24.1. The highest BCUT2D eigenvalue weighted by Gasteiger charge is 2.09. The third-order valence-electron chi connectivity index (χ3n) is 3.04. The van der Waals surface area contributed by atoms with Gasteiger partial charge in [0.15, 0.2) is 5.78 Å². The minimum absolute atomic E-state index is 0.0120. The van der Waals surface area contributed by atoms with Gasteiger partial charge in [0.25, 0.3) is 0 Å². The molecule has 2 aromatic rings. The van der Waals surface area contributed by atoms with Gasteiger partial charge in [-0.1, -0.05) is 18.2 Å². The molecule has 0 saturated heterocycles. The van der Waals surface area contributed by atoms with Crippen LogP contribution in [0.25, 0.3) is 6.08 Å². The van der Waals surface area contributed by atoms with Gasteiger partial charge in [-0.05, 0) is 42.8 Å². The molecule has 0 aliphatic heterocycles. The van der Waals surface area contributed by atoms with Crippen LogP contribution in [-0.2, 0) is 0 Å². The van der Waals surface area contributed by atoms with E-state index in [4.69, 9.17) is 9.47 Å². The molecule has 0 aromatic heterocycles. The number of hydrogen-bond acceptors (Lipinski definition) is 3. The summed E-state index contributed by atoms with van der Waals surface area (Å²) in [5, 5.41) is 0. The number of carbonyl (C=O) groups is 1. The molecule has 0 aliphatic carbocycles. The number of ketones is 1. The summed E-state index contributed by atoms with van der Waals surface area (Å²) in [7, 11) is 1.45. The summed E-state index contributed by atoms with van der Waals surface area (Å²) in [6.07, 6.45) is 2.98. The standard InChI is InChI=1S/C18H17FO3/c1-3-22-15-6-4-5-13(11-15)7-10-18(20)16-9-8-14(21-2)12-17(16)19/h4-12H,3H2,1-2H3/b10-7+. The van der Waals surface area contributed by atoms with Gasteiger partial charge in [-0.15, -0.1) is 0 Å². The van der Waals surface area contributed by atoms with Gasteiger partial charge < -0.3 is 9.47 Å². The molecule has 0 spiro atoms.